The third kappa shape index (κ3) is 2.92. The molecule has 0 bridgehead atoms. The van der Waals surface area contributed by atoms with Crippen molar-refractivity contribution in [2.45, 2.75) is 26.7 Å². The quantitative estimate of drug-likeness (QED) is 0.242. The summed E-state index contributed by atoms with van der Waals surface area (Å²) in [6.45, 7) is 11.1. The van der Waals surface area contributed by atoms with Crippen LogP contribution in [-0.4, -0.2) is 0 Å². The standard InChI is InChI=1S/C34H28/c1-21(2)31-23-13-5-9-17-27(23)33(28-18-10-6-14-24(28)31)34-29-19-11-7-15-25(29)32(22(3)4)26-16-8-12-20-30(26)34/h5-20,22H,1H2,2-4H3. The van der Waals surface area contributed by atoms with E-state index >= 15 is 0 Å². The fraction of sp³-hybridized carbons (Fsp3) is 0.118. The molecular weight excluding hydrogens is 408 g/mol. The summed E-state index contributed by atoms with van der Waals surface area (Å²) >= 11 is 0. The van der Waals surface area contributed by atoms with Crippen molar-refractivity contribution in [2.75, 3.05) is 0 Å². The lowest BCUT2D eigenvalue weighted by Gasteiger charge is -2.22. The third-order valence-electron chi connectivity index (χ3n) is 7.16. The van der Waals surface area contributed by atoms with Gasteiger partial charge in [-0.2, -0.15) is 0 Å². The van der Waals surface area contributed by atoms with Crippen molar-refractivity contribution < 1.29 is 0 Å². The summed E-state index contributed by atoms with van der Waals surface area (Å²) in [5.41, 5.74) is 6.43. The van der Waals surface area contributed by atoms with Crippen LogP contribution < -0.4 is 0 Å². The normalized spacial score (nSPS) is 11.8. The minimum Gasteiger partial charge on any atom is -0.0955 e. The molecule has 34 heavy (non-hydrogen) atoms. The molecule has 6 aromatic carbocycles. The molecule has 0 atom stereocenters. The van der Waals surface area contributed by atoms with E-state index in [0.717, 1.165) is 5.57 Å². The topological polar surface area (TPSA) is 0 Å². The molecule has 0 saturated heterocycles. The zero-order valence-electron chi connectivity index (χ0n) is 20.0. The van der Waals surface area contributed by atoms with Crippen LogP contribution in [0.3, 0.4) is 0 Å². The number of allylic oxidation sites excluding steroid dienone is 1. The van der Waals surface area contributed by atoms with Crippen LogP contribution in [0.1, 0.15) is 37.8 Å². The number of rotatable bonds is 3. The lowest BCUT2D eigenvalue weighted by Crippen LogP contribution is -1.97. The van der Waals surface area contributed by atoms with Gasteiger partial charge in [-0.3, -0.25) is 0 Å². The summed E-state index contributed by atoms with van der Waals surface area (Å²) in [5, 5.41) is 10.5. The van der Waals surface area contributed by atoms with Crippen LogP contribution in [0.5, 0.6) is 0 Å². The van der Waals surface area contributed by atoms with E-state index in [1.807, 2.05) is 0 Å². The Morgan fingerprint density at radius 2 is 0.794 bits per heavy atom. The van der Waals surface area contributed by atoms with Gasteiger partial charge in [-0.1, -0.05) is 117 Å². The zero-order valence-corrected chi connectivity index (χ0v) is 20.0. The van der Waals surface area contributed by atoms with Crippen molar-refractivity contribution in [3.8, 4) is 11.1 Å². The van der Waals surface area contributed by atoms with E-state index in [2.05, 4.69) is 124 Å². The molecule has 0 aliphatic heterocycles. The molecule has 0 aromatic heterocycles. The van der Waals surface area contributed by atoms with E-state index in [0.29, 0.717) is 5.92 Å². The fourth-order valence-corrected chi connectivity index (χ4v) is 5.91. The van der Waals surface area contributed by atoms with E-state index < -0.39 is 0 Å². The first kappa shape index (κ1) is 20.7. The van der Waals surface area contributed by atoms with Gasteiger partial charge in [-0.05, 0) is 83.8 Å². The van der Waals surface area contributed by atoms with Gasteiger partial charge in [0.25, 0.3) is 0 Å². The van der Waals surface area contributed by atoms with E-state index in [9.17, 15) is 0 Å². The van der Waals surface area contributed by atoms with Crippen molar-refractivity contribution in [3.63, 3.8) is 0 Å². The summed E-state index contributed by atoms with van der Waals surface area (Å²) < 4.78 is 0. The molecule has 0 nitrogen and oxygen atoms in total. The average molecular weight is 437 g/mol. The monoisotopic (exact) mass is 436 g/mol. The molecule has 0 heteroatoms. The molecular formula is C34H28. The Balaban J connectivity index is 1.95. The third-order valence-corrected chi connectivity index (χ3v) is 7.16. The summed E-state index contributed by atoms with van der Waals surface area (Å²) in [5.74, 6) is 0.433. The second-order valence-electron chi connectivity index (χ2n) is 9.66. The van der Waals surface area contributed by atoms with E-state index in [1.54, 1.807) is 0 Å². The predicted octanol–water partition coefficient (Wildman–Crippen LogP) is 10.1. The number of fused-ring (bicyclic) bond motifs is 4. The number of hydrogen-bond donors (Lipinski definition) is 0. The maximum atomic E-state index is 4.36. The highest BCUT2D eigenvalue weighted by atomic mass is 14.2. The van der Waals surface area contributed by atoms with Crippen molar-refractivity contribution in [1.29, 1.82) is 0 Å². The fourth-order valence-electron chi connectivity index (χ4n) is 5.91. The maximum Gasteiger partial charge on any atom is -0.00139 e. The molecule has 0 aliphatic carbocycles. The van der Waals surface area contributed by atoms with Crippen molar-refractivity contribution >= 4 is 48.7 Å². The Morgan fingerprint density at radius 1 is 0.500 bits per heavy atom. The first-order chi connectivity index (χ1) is 16.6. The number of benzene rings is 6. The van der Waals surface area contributed by atoms with Gasteiger partial charge in [-0.15, -0.1) is 0 Å². The van der Waals surface area contributed by atoms with Crippen molar-refractivity contribution in [1.82, 2.24) is 0 Å². The highest BCUT2D eigenvalue weighted by Crippen LogP contribution is 2.48. The molecule has 0 heterocycles. The van der Waals surface area contributed by atoms with Gasteiger partial charge in [0.15, 0.2) is 0 Å². The van der Waals surface area contributed by atoms with Gasteiger partial charge in [0.2, 0.25) is 0 Å². The van der Waals surface area contributed by atoms with Crippen LogP contribution in [-0.2, 0) is 0 Å². The Bertz CT molecular complexity index is 1630. The summed E-state index contributed by atoms with van der Waals surface area (Å²) in [6, 6.07) is 35.6. The highest BCUT2D eigenvalue weighted by Gasteiger charge is 2.21. The second kappa shape index (κ2) is 7.85. The van der Waals surface area contributed by atoms with Crippen molar-refractivity contribution in [2.24, 2.45) is 0 Å². The van der Waals surface area contributed by atoms with Crippen LogP contribution in [0.25, 0.3) is 59.8 Å². The molecule has 0 N–H and O–H groups in total. The molecule has 0 spiro atoms. The predicted molar refractivity (Wildman–Crippen MR) is 151 cm³/mol. The number of hydrogen-bond acceptors (Lipinski definition) is 0. The van der Waals surface area contributed by atoms with Gasteiger partial charge in [0.05, 0.1) is 0 Å². The van der Waals surface area contributed by atoms with E-state index in [-0.39, 0.29) is 0 Å². The van der Waals surface area contributed by atoms with Crippen LogP contribution in [0.4, 0.5) is 0 Å². The lowest BCUT2D eigenvalue weighted by atomic mass is 9.80. The molecule has 0 radical (unpaired) electrons. The zero-order chi connectivity index (χ0) is 23.4. The average Bonchev–Trinajstić information content (AvgIpc) is 2.85. The summed E-state index contributed by atoms with van der Waals surface area (Å²) in [4.78, 5) is 0. The van der Waals surface area contributed by atoms with Gasteiger partial charge in [0.1, 0.15) is 0 Å². The molecule has 6 aromatic rings. The minimum absolute atomic E-state index is 0.433. The highest BCUT2D eigenvalue weighted by molar-refractivity contribution is 6.26. The molecule has 0 unspecified atom stereocenters. The SMILES string of the molecule is C=C(C)c1c2ccccc2c(-c2c3ccccc3c(C(C)C)c3ccccc23)c2ccccc12. The van der Waals surface area contributed by atoms with Gasteiger partial charge < -0.3 is 0 Å². The first-order valence-electron chi connectivity index (χ1n) is 12.1. The minimum atomic E-state index is 0.433. The molecule has 0 aliphatic rings. The van der Waals surface area contributed by atoms with Crippen LogP contribution in [0, 0.1) is 0 Å². The molecule has 0 fully saturated rings. The lowest BCUT2D eigenvalue weighted by molar-refractivity contribution is 0.885. The summed E-state index contributed by atoms with van der Waals surface area (Å²) in [6.07, 6.45) is 0. The Hall–Kier alpha value is -3.90. The van der Waals surface area contributed by atoms with E-state index in [1.165, 1.54) is 65.3 Å². The second-order valence-corrected chi connectivity index (χ2v) is 9.66. The Kier molecular flexibility index (Phi) is 4.78. The molecule has 0 amide bonds. The Morgan fingerprint density at radius 3 is 1.12 bits per heavy atom. The van der Waals surface area contributed by atoms with Crippen LogP contribution in [0.2, 0.25) is 0 Å². The smallest absolute Gasteiger partial charge is 0.00139 e. The molecule has 6 rings (SSSR count). The van der Waals surface area contributed by atoms with Crippen molar-refractivity contribution in [3.05, 3.63) is 115 Å². The summed E-state index contributed by atoms with van der Waals surface area (Å²) in [7, 11) is 0. The first-order valence-corrected chi connectivity index (χ1v) is 12.1. The van der Waals surface area contributed by atoms with Crippen LogP contribution in [0.15, 0.2) is 104 Å². The molecule has 0 saturated carbocycles. The van der Waals surface area contributed by atoms with Crippen LogP contribution >= 0.6 is 0 Å². The van der Waals surface area contributed by atoms with E-state index in [4.69, 9.17) is 0 Å². The maximum absolute atomic E-state index is 4.36. The largest absolute Gasteiger partial charge is 0.0955 e. The van der Waals surface area contributed by atoms with Gasteiger partial charge >= 0.3 is 0 Å². The van der Waals surface area contributed by atoms with Gasteiger partial charge in [-0.25, -0.2) is 0 Å². The Labute approximate surface area is 201 Å². The van der Waals surface area contributed by atoms with Gasteiger partial charge in [0, 0.05) is 0 Å². The molecule has 164 valence electrons.